The minimum Gasteiger partial charge on any atom is -0.377 e. The Hall–Kier alpha value is -2.48. The van der Waals surface area contributed by atoms with Crippen molar-refractivity contribution >= 4 is 61.2 Å². The Labute approximate surface area is 192 Å². The van der Waals surface area contributed by atoms with Gasteiger partial charge >= 0.3 is 6.03 Å². The average molecular weight is 480 g/mol. The standard InChI is InChI=1S/C22H23Cl2N3O3S/c1-27(2)19-11-3-8-16-15(19)7-4-12-20(16)31(29,30)14-6-13-25-22(28)26-21-17(23)9-5-10-18(21)24/h3-5,7-12H,6,13-14H2,1-2H3,(H2,25,26,28). The molecule has 0 heterocycles. The number of anilines is 2. The van der Waals surface area contributed by atoms with E-state index in [1.807, 2.05) is 43.3 Å². The van der Waals surface area contributed by atoms with Crippen molar-refractivity contribution in [3.63, 3.8) is 0 Å². The molecule has 0 aromatic heterocycles. The lowest BCUT2D eigenvalue weighted by Gasteiger charge is -2.17. The van der Waals surface area contributed by atoms with Gasteiger partial charge in [0.05, 0.1) is 26.4 Å². The highest BCUT2D eigenvalue weighted by Gasteiger charge is 2.18. The number of amides is 2. The first-order valence-corrected chi connectivity index (χ1v) is 12.0. The van der Waals surface area contributed by atoms with E-state index in [0.717, 1.165) is 11.1 Å². The molecule has 0 radical (unpaired) electrons. The molecule has 0 aliphatic rings. The van der Waals surface area contributed by atoms with Crippen molar-refractivity contribution in [2.24, 2.45) is 0 Å². The van der Waals surface area contributed by atoms with Crippen LogP contribution < -0.4 is 15.5 Å². The van der Waals surface area contributed by atoms with Crippen LogP contribution in [-0.4, -0.2) is 40.8 Å². The molecule has 9 heteroatoms. The molecule has 0 unspecified atom stereocenters. The molecule has 31 heavy (non-hydrogen) atoms. The SMILES string of the molecule is CN(C)c1cccc2c(S(=O)(=O)CCCNC(=O)Nc3c(Cl)cccc3Cl)cccc12. The van der Waals surface area contributed by atoms with Gasteiger partial charge in [0.2, 0.25) is 0 Å². The maximum absolute atomic E-state index is 13.0. The number of nitrogens with zero attached hydrogens (tertiary/aromatic N) is 1. The quantitative estimate of drug-likeness (QED) is 0.456. The fourth-order valence-corrected chi connectivity index (χ4v) is 5.31. The third-order valence-electron chi connectivity index (χ3n) is 4.75. The lowest BCUT2D eigenvalue weighted by atomic mass is 10.1. The molecule has 3 aromatic carbocycles. The van der Waals surface area contributed by atoms with Crippen LogP contribution in [0.5, 0.6) is 0 Å². The molecule has 0 aliphatic carbocycles. The zero-order valence-electron chi connectivity index (χ0n) is 17.2. The van der Waals surface area contributed by atoms with Crippen molar-refractivity contribution < 1.29 is 13.2 Å². The maximum Gasteiger partial charge on any atom is 0.319 e. The van der Waals surface area contributed by atoms with Gasteiger partial charge in [0.15, 0.2) is 9.84 Å². The number of halogens is 2. The van der Waals surface area contributed by atoms with Crippen LogP contribution in [0.25, 0.3) is 10.8 Å². The number of fused-ring (bicyclic) bond motifs is 1. The number of urea groups is 1. The smallest absolute Gasteiger partial charge is 0.319 e. The minimum absolute atomic E-state index is 0.0918. The van der Waals surface area contributed by atoms with E-state index in [1.54, 1.807) is 30.3 Å². The van der Waals surface area contributed by atoms with Crippen molar-refractivity contribution in [1.29, 1.82) is 0 Å². The van der Waals surface area contributed by atoms with Gasteiger partial charge in [-0.2, -0.15) is 0 Å². The number of para-hydroxylation sites is 1. The van der Waals surface area contributed by atoms with Crippen molar-refractivity contribution in [3.8, 4) is 0 Å². The first kappa shape index (κ1) is 23.2. The second-order valence-electron chi connectivity index (χ2n) is 7.17. The van der Waals surface area contributed by atoms with Crippen LogP contribution in [-0.2, 0) is 9.84 Å². The summed E-state index contributed by atoms with van der Waals surface area (Å²) in [7, 11) is 0.306. The molecular formula is C22H23Cl2N3O3S. The lowest BCUT2D eigenvalue weighted by Crippen LogP contribution is -2.30. The summed E-state index contributed by atoms with van der Waals surface area (Å²) in [4.78, 5) is 14.3. The molecule has 0 bridgehead atoms. The molecule has 0 spiro atoms. The fourth-order valence-electron chi connectivity index (χ4n) is 3.27. The molecule has 3 aromatic rings. The van der Waals surface area contributed by atoms with Gasteiger partial charge in [-0.25, -0.2) is 13.2 Å². The second-order valence-corrected chi connectivity index (χ2v) is 10.1. The van der Waals surface area contributed by atoms with Gasteiger partial charge in [-0.15, -0.1) is 0 Å². The highest BCUT2D eigenvalue weighted by atomic mass is 35.5. The predicted octanol–water partition coefficient (Wildman–Crippen LogP) is 5.20. The molecule has 6 nitrogen and oxygen atoms in total. The second kappa shape index (κ2) is 9.77. The first-order chi connectivity index (χ1) is 14.7. The molecule has 164 valence electrons. The van der Waals surface area contributed by atoms with Crippen LogP contribution in [0.1, 0.15) is 6.42 Å². The Morgan fingerprint density at radius 1 is 0.935 bits per heavy atom. The lowest BCUT2D eigenvalue weighted by molar-refractivity contribution is 0.252. The van der Waals surface area contributed by atoms with E-state index in [4.69, 9.17) is 23.2 Å². The van der Waals surface area contributed by atoms with Gasteiger partial charge in [0.1, 0.15) is 0 Å². The van der Waals surface area contributed by atoms with Gasteiger partial charge in [-0.05, 0) is 30.7 Å². The van der Waals surface area contributed by atoms with Gasteiger partial charge in [-0.3, -0.25) is 0 Å². The highest BCUT2D eigenvalue weighted by molar-refractivity contribution is 7.91. The summed E-state index contributed by atoms with van der Waals surface area (Å²) in [6.07, 6.45) is 0.260. The molecule has 0 fully saturated rings. The molecule has 0 saturated carbocycles. The Morgan fingerprint density at radius 3 is 2.23 bits per heavy atom. The normalized spacial score (nSPS) is 11.4. The van der Waals surface area contributed by atoms with Crippen LogP contribution in [0.15, 0.2) is 59.5 Å². The van der Waals surface area contributed by atoms with E-state index in [-0.39, 0.29) is 18.7 Å². The summed E-state index contributed by atoms with van der Waals surface area (Å²) in [5.74, 6) is -0.0918. The number of rotatable bonds is 7. The third kappa shape index (κ3) is 5.42. The van der Waals surface area contributed by atoms with Crippen LogP contribution in [0, 0.1) is 0 Å². The van der Waals surface area contributed by atoms with Crippen molar-refractivity contribution in [1.82, 2.24) is 5.32 Å². The van der Waals surface area contributed by atoms with Gasteiger partial charge in [-0.1, -0.05) is 53.5 Å². The highest BCUT2D eigenvalue weighted by Crippen LogP contribution is 2.31. The van der Waals surface area contributed by atoms with Crippen LogP contribution in [0.3, 0.4) is 0 Å². The van der Waals surface area contributed by atoms with Gasteiger partial charge in [0.25, 0.3) is 0 Å². The summed E-state index contributed by atoms with van der Waals surface area (Å²) in [6.45, 7) is 0.181. The number of nitrogens with one attached hydrogen (secondary N) is 2. The zero-order valence-corrected chi connectivity index (χ0v) is 19.5. The molecule has 0 aliphatic heterocycles. The third-order valence-corrected chi connectivity index (χ3v) is 7.23. The molecule has 2 amide bonds. The molecular weight excluding hydrogens is 457 g/mol. The number of hydrogen-bond donors (Lipinski definition) is 2. The Bertz CT molecular complexity index is 1190. The van der Waals surface area contributed by atoms with E-state index < -0.39 is 15.9 Å². The summed E-state index contributed by atoms with van der Waals surface area (Å²) in [5, 5.41) is 7.41. The van der Waals surface area contributed by atoms with Crippen molar-refractivity contribution in [3.05, 3.63) is 64.6 Å². The Kier molecular flexibility index (Phi) is 7.30. The number of carbonyl (C=O) groups is 1. The topological polar surface area (TPSA) is 78.5 Å². The van der Waals surface area contributed by atoms with Gasteiger partial charge < -0.3 is 15.5 Å². The van der Waals surface area contributed by atoms with E-state index >= 15 is 0 Å². The largest absolute Gasteiger partial charge is 0.377 e. The number of sulfone groups is 1. The van der Waals surface area contributed by atoms with Crippen LogP contribution in [0.4, 0.5) is 16.2 Å². The molecule has 0 atom stereocenters. The summed E-state index contributed by atoms with van der Waals surface area (Å²) >= 11 is 12.1. The Morgan fingerprint density at radius 2 is 1.55 bits per heavy atom. The van der Waals surface area contributed by atoms with E-state index in [2.05, 4.69) is 10.6 Å². The molecule has 0 saturated heterocycles. The van der Waals surface area contributed by atoms with E-state index in [1.165, 1.54) is 0 Å². The monoisotopic (exact) mass is 479 g/mol. The first-order valence-electron chi connectivity index (χ1n) is 9.61. The predicted molar refractivity (Wildman–Crippen MR) is 128 cm³/mol. The summed E-state index contributed by atoms with van der Waals surface area (Å²) in [6, 6.07) is 15.3. The maximum atomic E-state index is 13.0. The number of hydrogen-bond acceptors (Lipinski definition) is 4. The summed E-state index contributed by atoms with van der Waals surface area (Å²) < 4.78 is 26.0. The molecule has 2 N–H and O–H groups in total. The minimum atomic E-state index is -3.53. The van der Waals surface area contributed by atoms with E-state index in [9.17, 15) is 13.2 Å². The van der Waals surface area contributed by atoms with Gasteiger partial charge in [0, 0.05) is 37.1 Å². The molecule has 3 rings (SSSR count). The zero-order chi connectivity index (χ0) is 22.6. The van der Waals surface area contributed by atoms with Crippen molar-refractivity contribution in [2.75, 3.05) is 36.6 Å². The summed E-state index contributed by atoms with van der Waals surface area (Å²) in [5.41, 5.74) is 1.26. The number of carbonyl (C=O) groups excluding carboxylic acids is 1. The average Bonchev–Trinajstić information content (AvgIpc) is 2.73. The Balaban J connectivity index is 1.65. The van der Waals surface area contributed by atoms with Crippen LogP contribution >= 0.6 is 23.2 Å². The fraction of sp³-hybridized carbons (Fsp3) is 0.227. The van der Waals surface area contributed by atoms with E-state index in [0.29, 0.717) is 26.0 Å². The number of benzene rings is 3. The van der Waals surface area contributed by atoms with Crippen molar-refractivity contribution in [2.45, 2.75) is 11.3 Å². The van der Waals surface area contributed by atoms with Crippen LogP contribution in [0.2, 0.25) is 10.0 Å².